The van der Waals surface area contributed by atoms with Crippen LogP contribution >= 0.6 is 0 Å². The molecule has 7 heteroatoms. The fraction of sp³-hybridized carbons (Fsp3) is 0.263. The van der Waals surface area contributed by atoms with E-state index in [9.17, 15) is 4.79 Å². The zero-order chi connectivity index (χ0) is 18.9. The minimum absolute atomic E-state index is 0.169. The van der Waals surface area contributed by atoms with E-state index in [1.807, 2.05) is 18.2 Å². The smallest absolute Gasteiger partial charge is 0.243 e. The van der Waals surface area contributed by atoms with E-state index in [-0.39, 0.29) is 6.42 Å². The van der Waals surface area contributed by atoms with Crippen LogP contribution in [0.4, 0.5) is 0 Å². The van der Waals surface area contributed by atoms with Crippen LogP contribution in [0.3, 0.4) is 0 Å². The Morgan fingerprint density at radius 2 is 1.92 bits per heavy atom. The molecule has 0 aliphatic carbocycles. The van der Waals surface area contributed by atoms with Crippen molar-refractivity contribution in [3.63, 3.8) is 0 Å². The van der Waals surface area contributed by atoms with Gasteiger partial charge in [-0.2, -0.15) is 0 Å². The molecule has 0 fully saturated rings. The Labute approximate surface area is 152 Å². The molecule has 0 bridgehead atoms. The maximum Gasteiger partial charge on any atom is 0.243 e. The Kier molecular flexibility index (Phi) is 6.99. The maximum absolute atomic E-state index is 11.0. The van der Waals surface area contributed by atoms with Crippen LogP contribution in [-0.4, -0.2) is 36.9 Å². The Balaban J connectivity index is 2.14. The predicted molar refractivity (Wildman–Crippen MR) is 96.6 cm³/mol. The van der Waals surface area contributed by atoms with Gasteiger partial charge in [-0.15, -0.1) is 0 Å². The van der Waals surface area contributed by atoms with Gasteiger partial charge in [0.2, 0.25) is 11.8 Å². The number of hydroxylamine groups is 1. The van der Waals surface area contributed by atoms with Gasteiger partial charge < -0.3 is 14.2 Å². The van der Waals surface area contributed by atoms with Crippen LogP contribution in [0.25, 0.3) is 5.57 Å². The van der Waals surface area contributed by atoms with Gasteiger partial charge in [-0.05, 0) is 41.3 Å². The number of benzene rings is 1. The van der Waals surface area contributed by atoms with Crippen LogP contribution in [0.1, 0.15) is 24.0 Å². The normalized spacial score (nSPS) is 10.1. The third kappa shape index (κ3) is 4.97. The summed E-state index contributed by atoms with van der Waals surface area (Å²) in [6.45, 7) is 4.45. The first kappa shape index (κ1) is 19.3. The molecule has 1 heterocycles. The summed E-state index contributed by atoms with van der Waals surface area (Å²) in [6, 6.07) is 9.18. The van der Waals surface area contributed by atoms with Crippen LogP contribution in [0, 0.1) is 0 Å². The third-order valence-electron chi connectivity index (χ3n) is 3.73. The van der Waals surface area contributed by atoms with E-state index < -0.39 is 5.91 Å². The number of carbonyl (C=O) groups excluding carboxylic acids is 1. The number of nitrogens with one attached hydrogen (secondary N) is 1. The molecule has 0 aliphatic heterocycles. The highest BCUT2D eigenvalue weighted by Gasteiger charge is 2.10. The van der Waals surface area contributed by atoms with Crippen LogP contribution in [0.15, 0.2) is 43.1 Å². The second-order valence-corrected chi connectivity index (χ2v) is 5.42. The maximum atomic E-state index is 11.0. The summed E-state index contributed by atoms with van der Waals surface area (Å²) in [5.41, 5.74) is 4.13. The fourth-order valence-electron chi connectivity index (χ4n) is 2.32. The number of amides is 1. The predicted octanol–water partition coefficient (Wildman–Crippen LogP) is 2.82. The lowest BCUT2D eigenvalue weighted by atomic mass is 10.00. The van der Waals surface area contributed by atoms with Gasteiger partial charge in [0.05, 0.1) is 20.8 Å². The second-order valence-electron chi connectivity index (χ2n) is 5.42. The summed E-state index contributed by atoms with van der Waals surface area (Å²) < 4.78 is 16.2. The lowest BCUT2D eigenvalue weighted by Crippen LogP contribution is -2.18. The number of aromatic nitrogens is 1. The van der Waals surface area contributed by atoms with Crippen LogP contribution in [0.2, 0.25) is 0 Å². The summed E-state index contributed by atoms with van der Waals surface area (Å²) >= 11 is 0. The van der Waals surface area contributed by atoms with Crippen molar-refractivity contribution in [3.8, 4) is 17.4 Å². The number of pyridine rings is 1. The molecule has 2 aromatic rings. The molecule has 0 unspecified atom stereocenters. The first-order chi connectivity index (χ1) is 12.6. The van der Waals surface area contributed by atoms with Gasteiger partial charge >= 0.3 is 0 Å². The Bertz CT molecular complexity index is 776. The number of nitrogens with zero attached hydrogens (tertiary/aromatic N) is 1. The molecule has 138 valence electrons. The number of methoxy groups -OCH3 is 2. The first-order valence-electron chi connectivity index (χ1n) is 8.02. The highest BCUT2D eigenvalue weighted by molar-refractivity contribution is 5.79. The fourth-order valence-corrected chi connectivity index (χ4v) is 2.32. The average Bonchev–Trinajstić information content (AvgIpc) is 2.70. The van der Waals surface area contributed by atoms with Gasteiger partial charge in [0.15, 0.2) is 11.5 Å². The lowest BCUT2D eigenvalue weighted by molar-refractivity contribution is -0.129. The quantitative estimate of drug-likeness (QED) is 0.407. The molecule has 2 N–H and O–H groups in total. The van der Waals surface area contributed by atoms with Gasteiger partial charge in [0.1, 0.15) is 0 Å². The molecule has 26 heavy (non-hydrogen) atoms. The number of hydrogen-bond donors (Lipinski definition) is 2. The molecule has 0 radical (unpaired) electrons. The molecule has 1 aromatic carbocycles. The molecule has 0 saturated carbocycles. The molecule has 0 atom stereocenters. The van der Waals surface area contributed by atoms with Crippen molar-refractivity contribution in [3.05, 3.63) is 54.2 Å². The average molecular weight is 358 g/mol. The van der Waals surface area contributed by atoms with E-state index in [1.54, 1.807) is 38.0 Å². The van der Waals surface area contributed by atoms with Gasteiger partial charge in [-0.1, -0.05) is 12.6 Å². The number of ether oxygens (including phenoxy) is 3. The molecular weight excluding hydrogens is 336 g/mol. The summed E-state index contributed by atoms with van der Waals surface area (Å²) in [7, 11) is 3.12. The molecule has 0 saturated heterocycles. The van der Waals surface area contributed by atoms with Gasteiger partial charge in [-0.25, -0.2) is 10.5 Å². The first-order valence-corrected chi connectivity index (χ1v) is 8.02. The Morgan fingerprint density at radius 1 is 1.15 bits per heavy atom. The highest BCUT2D eigenvalue weighted by atomic mass is 16.5. The molecule has 1 amide bonds. The van der Waals surface area contributed by atoms with Gasteiger partial charge in [0, 0.05) is 18.7 Å². The van der Waals surface area contributed by atoms with Gasteiger partial charge in [-0.3, -0.25) is 10.0 Å². The molecular formula is C19H22N2O5. The summed E-state index contributed by atoms with van der Waals surface area (Å²) in [6.07, 6.45) is 2.29. The summed E-state index contributed by atoms with van der Waals surface area (Å²) in [5, 5.41) is 8.49. The zero-order valence-corrected chi connectivity index (χ0v) is 14.8. The third-order valence-corrected chi connectivity index (χ3v) is 3.73. The van der Waals surface area contributed by atoms with Crippen molar-refractivity contribution in [1.82, 2.24) is 10.5 Å². The topological polar surface area (TPSA) is 89.9 Å². The van der Waals surface area contributed by atoms with Crippen molar-refractivity contribution in [2.75, 3.05) is 20.8 Å². The van der Waals surface area contributed by atoms with E-state index in [2.05, 4.69) is 11.6 Å². The minimum Gasteiger partial charge on any atom is -0.493 e. The van der Waals surface area contributed by atoms with E-state index in [1.165, 1.54) is 0 Å². The largest absolute Gasteiger partial charge is 0.493 e. The Morgan fingerprint density at radius 3 is 2.62 bits per heavy atom. The summed E-state index contributed by atoms with van der Waals surface area (Å²) in [5.74, 6) is 1.20. The molecule has 0 aliphatic rings. The Hall–Kier alpha value is -3.06. The number of rotatable bonds is 9. The van der Waals surface area contributed by atoms with Crippen molar-refractivity contribution in [1.29, 1.82) is 0 Å². The standard InChI is InChI=1S/C19H22N2O5/c1-13(15-8-9-20-19(12-15)25-3)14-6-7-16(24-2)17(11-14)26-10-4-5-18(22)21-23/h6-9,11-12,23H,1,4-5,10H2,2-3H3,(H,21,22). The van der Waals surface area contributed by atoms with Crippen molar-refractivity contribution in [2.45, 2.75) is 12.8 Å². The van der Waals surface area contributed by atoms with Gasteiger partial charge in [0.25, 0.3) is 0 Å². The zero-order valence-electron chi connectivity index (χ0n) is 14.8. The van der Waals surface area contributed by atoms with Crippen LogP contribution < -0.4 is 19.7 Å². The van der Waals surface area contributed by atoms with E-state index in [0.717, 1.165) is 16.7 Å². The number of carbonyl (C=O) groups is 1. The van der Waals surface area contributed by atoms with E-state index in [4.69, 9.17) is 19.4 Å². The molecule has 0 spiro atoms. The molecule has 2 rings (SSSR count). The van der Waals surface area contributed by atoms with Crippen molar-refractivity contribution in [2.24, 2.45) is 0 Å². The molecule has 7 nitrogen and oxygen atoms in total. The number of hydrogen-bond acceptors (Lipinski definition) is 6. The van der Waals surface area contributed by atoms with Crippen molar-refractivity contribution < 1.29 is 24.2 Å². The summed E-state index contributed by atoms with van der Waals surface area (Å²) in [4.78, 5) is 15.1. The minimum atomic E-state index is -0.450. The lowest BCUT2D eigenvalue weighted by Gasteiger charge is -2.14. The van der Waals surface area contributed by atoms with Crippen molar-refractivity contribution >= 4 is 11.5 Å². The van der Waals surface area contributed by atoms with Crippen LogP contribution in [-0.2, 0) is 4.79 Å². The van der Waals surface area contributed by atoms with E-state index >= 15 is 0 Å². The second kappa shape index (κ2) is 9.43. The van der Waals surface area contributed by atoms with E-state index in [0.29, 0.717) is 30.4 Å². The monoisotopic (exact) mass is 358 g/mol. The highest BCUT2D eigenvalue weighted by Crippen LogP contribution is 2.33. The molecule has 1 aromatic heterocycles. The SMILES string of the molecule is C=C(c1ccnc(OC)c1)c1ccc(OC)c(OCCCC(=O)NO)c1. The van der Waals surface area contributed by atoms with Crippen LogP contribution in [0.5, 0.6) is 17.4 Å².